The molecular formula is C15H14N2OS. The van der Waals surface area contributed by atoms with Gasteiger partial charge in [0.05, 0.1) is 0 Å². The van der Waals surface area contributed by atoms with Crippen LogP contribution in [0.25, 0.3) is 0 Å². The highest BCUT2D eigenvalue weighted by Gasteiger charge is 2.07. The molecule has 0 spiro atoms. The molecule has 0 radical (unpaired) electrons. The van der Waals surface area contributed by atoms with Crippen molar-refractivity contribution in [2.24, 2.45) is 0 Å². The molecule has 2 aromatic carbocycles. The first-order valence-electron chi connectivity index (χ1n) is 5.89. The zero-order chi connectivity index (χ0) is 13.7. The maximum absolute atomic E-state index is 12.0. The third kappa shape index (κ3) is 3.89. The molecule has 0 aliphatic heterocycles. The van der Waals surface area contributed by atoms with Gasteiger partial charge in [0.15, 0.2) is 5.11 Å². The van der Waals surface area contributed by atoms with Crippen molar-refractivity contribution in [2.75, 3.05) is 5.32 Å². The molecule has 0 bridgehead atoms. The quantitative estimate of drug-likeness (QED) is 0.824. The Morgan fingerprint density at radius 3 is 2.47 bits per heavy atom. The lowest BCUT2D eigenvalue weighted by Crippen LogP contribution is -2.34. The molecule has 19 heavy (non-hydrogen) atoms. The lowest BCUT2D eigenvalue weighted by atomic mass is 10.1. The van der Waals surface area contributed by atoms with Crippen molar-refractivity contribution in [1.82, 2.24) is 5.32 Å². The fraction of sp³-hybridized carbons (Fsp3) is 0.0667. The standard InChI is InChI=1S/C15H14N2OS/c1-11-6-5-7-12(10-11)14(18)17-15(19)16-13-8-3-2-4-9-13/h2-10H,1H3,(H2,16,17,18,19). The number of para-hydroxylation sites is 1. The molecule has 2 N–H and O–H groups in total. The molecule has 0 fully saturated rings. The molecule has 96 valence electrons. The predicted molar refractivity (Wildman–Crippen MR) is 81.3 cm³/mol. The summed E-state index contributed by atoms with van der Waals surface area (Å²) < 4.78 is 0. The maximum atomic E-state index is 12.0. The van der Waals surface area contributed by atoms with E-state index in [1.807, 2.05) is 55.5 Å². The van der Waals surface area contributed by atoms with Gasteiger partial charge in [0, 0.05) is 11.3 Å². The van der Waals surface area contributed by atoms with E-state index in [-0.39, 0.29) is 11.0 Å². The molecular weight excluding hydrogens is 256 g/mol. The van der Waals surface area contributed by atoms with E-state index in [1.54, 1.807) is 6.07 Å². The van der Waals surface area contributed by atoms with Crippen LogP contribution in [0.2, 0.25) is 0 Å². The summed E-state index contributed by atoms with van der Waals surface area (Å²) >= 11 is 5.10. The molecule has 0 saturated heterocycles. The second-order valence-electron chi connectivity index (χ2n) is 4.14. The zero-order valence-electron chi connectivity index (χ0n) is 10.5. The second-order valence-corrected chi connectivity index (χ2v) is 4.55. The van der Waals surface area contributed by atoms with Crippen LogP contribution in [0.15, 0.2) is 54.6 Å². The third-order valence-corrected chi connectivity index (χ3v) is 2.74. The topological polar surface area (TPSA) is 41.1 Å². The minimum Gasteiger partial charge on any atom is -0.332 e. The molecule has 2 aromatic rings. The highest BCUT2D eigenvalue weighted by molar-refractivity contribution is 7.80. The summed E-state index contributed by atoms with van der Waals surface area (Å²) in [6.07, 6.45) is 0. The highest BCUT2D eigenvalue weighted by atomic mass is 32.1. The number of carbonyl (C=O) groups is 1. The molecule has 0 aliphatic carbocycles. The molecule has 0 heterocycles. The molecule has 0 unspecified atom stereocenters. The summed E-state index contributed by atoms with van der Waals surface area (Å²) in [4.78, 5) is 12.0. The number of carbonyl (C=O) groups excluding carboxylic acids is 1. The summed E-state index contributed by atoms with van der Waals surface area (Å²) in [5.74, 6) is -0.211. The van der Waals surface area contributed by atoms with Crippen molar-refractivity contribution in [3.05, 3.63) is 65.7 Å². The first-order valence-corrected chi connectivity index (χ1v) is 6.30. The van der Waals surface area contributed by atoms with Gasteiger partial charge in [0.2, 0.25) is 0 Å². The number of benzene rings is 2. The highest BCUT2D eigenvalue weighted by Crippen LogP contribution is 2.06. The van der Waals surface area contributed by atoms with Crippen molar-refractivity contribution in [3.63, 3.8) is 0 Å². The Morgan fingerprint density at radius 1 is 1.05 bits per heavy atom. The first kappa shape index (κ1) is 13.2. The molecule has 0 aliphatic rings. The van der Waals surface area contributed by atoms with Crippen LogP contribution < -0.4 is 10.6 Å². The number of rotatable bonds is 2. The molecule has 0 atom stereocenters. The Morgan fingerprint density at radius 2 is 1.79 bits per heavy atom. The molecule has 0 saturated carbocycles. The Bertz CT molecular complexity index is 596. The smallest absolute Gasteiger partial charge is 0.257 e. The number of anilines is 1. The van der Waals surface area contributed by atoms with Crippen molar-refractivity contribution in [2.45, 2.75) is 6.92 Å². The Balaban J connectivity index is 1.98. The molecule has 0 aromatic heterocycles. The van der Waals surface area contributed by atoms with E-state index >= 15 is 0 Å². The van der Waals surface area contributed by atoms with Gasteiger partial charge < -0.3 is 5.32 Å². The van der Waals surface area contributed by atoms with Gasteiger partial charge in [-0.3, -0.25) is 10.1 Å². The Labute approximate surface area is 117 Å². The van der Waals surface area contributed by atoms with E-state index in [2.05, 4.69) is 10.6 Å². The summed E-state index contributed by atoms with van der Waals surface area (Å²) in [6.45, 7) is 1.94. The van der Waals surface area contributed by atoms with E-state index in [4.69, 9.17) is 12.2 Å². The van der Waals surface area contributed by atoms with E-state index < -0.39 is 0 Å². The van der Waals surface area contributed by atoms with Gasteiger partial charge in [0.1, 0.15) is 0 Å². The van der Waals surface area contributed by atoms with E-state index in [1.165, 1.54) is 0 Å². The number of amides is 1. The number of aryl methyl sites for hydroxylation is 1. The van der Waals surface area contributed by atoms with Gasteiger partial charge in [-0.15, -0.1) is 0 Å². The predicted octanol–water partition coefficient (Wildman–Crippen LogP) is 3.12. The van der Waals surface area contributed by atoms with Crippen molar-refractivity contribution >= 4 is 28.9 Å². The van der Waals surface area contributed by atoms with Crippen LogP contribution in [-0.2, 0) is 0 Å². The summed E-state index contributed by atoms with van der Waals surface area (Å²) in [6, 6.07) is 16.8. The number of hydrogen-bond acceptors (Lipinski definition) is 2. The lowest BCUT2D eigenvalue weighted by molar-refractivity contribution is 0.0977. The lowest BCUT2D eigenvalue weighted by Gasteiger charge is -2.09. The van der Waals surface area contributed by atoms with Crippen LogP contribution in [-0.4, -0.2) is 11.0 Å². The van der Waals surface area contributed by atoms with Crippen molar-refractivity contribution in [3.8, 4) is 0 Å². The Kier molecular flexibility index (Phi) is 4.26. The zero-order valence-corrected chi connectivity index (χ0v) is 11.3. The maximum Gasteiger partial charge on any atom is 0.257 e. The molecule has 4 heteroatoms. The Hall–Kier alpha value is -2.20. The first-order chi connectivity index (χ1) is 9.15. The minimum absolute atomic E-state index is 0.211. The van der Waals surface area contributed by atoms with Crippen LogP contribution in [0.3, 0.4) is 0 Å². The summed E-state index contributed by atoms with van der Waals surface area (Å²) in [7, 11) is 0. The summed E-state index contributed by atoms with van der Waals surface area (Å²) in [5, 5.41) is 5.90. The monoisotopic (exact) mass is 270 g/mol. The van der Waals surface area contributed by atoms with Crippen LogP contribution >= 0.6 is 12.2 Å². The molecule has 1 amide bonds. The molecule has 2 rings (SSSR count). The van der Waals surface area contributed by atoms with Gasteiger partial charge in [-0.2, -0.15) is 0 Å². The van der Waals surface area contributed by atoms with Crippen LogP contribution in [0.4, 0.5) is 5.69 Å². The second kappa shape index (κ2) is 6.11. The van der Waals surface area contributed by atoms with Gasteiger partial charge in [0.25, 0.3) is 5.91 Å². The van der Waals surface area contributed by atoms with E-state index in [0.717, 1.165) is 11.3 Å². The number of nitrogens with one attached hydrogen (secondary N) is 2. The average Bonchev–Trinajstić information content (AvgIpc) is 2.39. The van der Waals surface area contributed by atoms with Crippen LogP contribution in [0.5, 0.6) is 0 Å². The normalized spacial score (nSPS) is 9.74. The van der Waals surface area contributed by atoms with Crippen molar-refractivity contribution in [1.29, 1.82) is 0 Å². The largest absolute Gasteiger partial charge is 0.332 e. The van der Waals surface area contributed by atoms with E-state index in [0.29, 0.717) is 5.56 Å². The third-order valence-electron chi connectivity index (χ3n) is 2.54. The van der Waals surface area contributed by atoms with Crippen molar-refractivity contribution < 1.29 is 4.79 Å². The van der Waals surface area contributed by atoms with E-state index in [9.17, 15) is 4.79 Å². The fourth-order valence-electron chi connectivity index (χ4n) is 1.65. The summed E-state index contributed by atoms with van der Waals surface area (Å²) in [5.41, 5.74) is 2.48. The molecule has 3 nitrogen and oxygen atoms in total. The van der Waals surface area contributed by atoms with Crippen LogP contribution in [0.1, 0.15) is 15.9 Å². The van der Waals surface area contributed by atoms with Gasteiger partial charge in [-0.05, 0) is 43.4 Å². The number of thiocarbonyl (C=S) groups is 1. The fourth-order valence-corrected chi connectivity index (χ4v) is 1.86. The van der Waals surface area contributed by atoms with Crippen LogP contribution in [0, 0.1) is 6.92 Å². The van der Waals surface area contributed by atoms with Gasteiger partial charge in [-0.25, -0.2) is 0 Å². The number of hydrogen-bond donors (Lipinski definition) is 2. The SMILES string of the molecule is Cc1cccc(C(=O)NC(=S)Nc2ccccc2)c1. The van der Waals surface area contributed by atoms with Gasteiger partial charge in [-0.1, -0.05) is 35.9 Å². The average molecular weight is 270 g/mol. The van der Waals surface area contributed by atoms with Gasteiger partial charge >= 0.3 is 0 Å². The minimum atomic E-state index is -0.211.